The molecule has 0 spiro atoms. The van der Waals surface area contributed by atoms with E-state index in [9.17, 15) is 0 Å². The molecule has 1 fully saturated rings. The Bertz CT molecular complexity index is 455. The zero-order valence-corrected chi connectivity index (χ0v) is 12.5. The summed E-state index contributed by atoms with van der Waals surface area (Å²) in [7, 11) is 0. The van der Waals surface area contributed by atoms with Gasteiger partial charge >= 0.3 is 0 Å². The molecule has 2 rings (SSSR count). The van der Waals surface area contributed by atoms with Gasteiger partial charge in [0.05, 0.1) is 0 Å². The van der Waals surface area contributed by atoms with Gasteiger partial charge in [-0.25, -0.2) is 9.97 Å². The molecule has 1 heterocycles. The molecule has 19 heavy (non-hydrogen) atoms. The van der Waals surface area contributed by atoms with Crippen molar-refractivity contribution in [2.24, 2.45) is 11.7 Å². The van der Waals surface area contributed by atoms with Gasteiger partial charge in [-0.05, 0) is 38.7 Å². The van der Waals surface area contributed by atoms with Crippen molar-refractivity contribution >= 4 is 23.2 Å². The molecule has 5 heteroatoms. The first-order valence-electron chi connectivity index (χ1n) is 6.98. The summed E-state index contributed by atoms with van der Waals surface area (Å²) in [6.45, 7) is 4.14. The third-order valence-electron chi connectivity index (χ3n) is 3.82. The number of aryl methyl sites for hydroxylation is 1. The van der Waals surface area contributed by atoms with Crippen LogP contribution in [0.25, 0.3) is 0 Å². The number of thiocarbonyl (C=S) groups is 1. The molecule has 3 N–H and O–H groups in total. The van der Waals surface area contributed by atoms with Gasteiger partial charge in [0.15, 0.2) is 0 Å². The molecule has 1 saturated carbocycles. The minimum Gasteiger partial charge on any atom is -0.388 e. The summed E-state index contributed by atoms with van der Waals surface area (Å²) in [6.07, 6.45) is 6.63. The van der Waals surface area contributed by atoms with E-state index in [1.807, 2.05) is 13.0 Å². The Labute approximate surface area is 120 Å². The van der Waals surface area contributed by atoms with Crippen LogP contribution in [0, 0.1) is 12.8 Å². The molecule has 0 aromatic carbocycles. The molecule has 1 aromatic rings. The van der Waals surface area contributed by atoms with E-state index in [2.05, 4.69) is 22.2 Å². The lowest BCUT2D eigenvalue weighted by Gasteiger charge is -2.28. The van der Waals surface area contributed by atoms with Crippen LogP contribution in [-0.4, -0.2) is 21.0 Å². The number of aromatic nitrogens is 2. The molecule has 1 aromatic heterocycles. The van der Waals surface area contributed by atoms with Crippen LogP contribution in [0.1, 0.15) is 50.4 Å². The van der Waals surface area contributed by atoms with Gasteiger partial charge in [0, 0.05) is 11.7 Å². The average Bonchev–Trinajstić information content (AvgIpc) is 2.39. The minimum absolute atomic E-state index is 0.318. The van der Waals surface area contributed by atoms with Crippen molar-refractivity contribution in [3.05, 3.63) is 17.5 Å². The molecular formula is C14H22N4S. The third-order valence-corrected chi connectivity index (χ3v) is 4.03. The topological polar surface area (TPSA) is 63.8 Å². The third kappa shape index (κ3) is 3.86. The highest BCUT2D eigenvalue weighted by atomic mass is 32.1. The van der Waals surface area contributed by atoms with Crippen LogP contribution in [-0.2, 0) is 0 Å². The Hall–Kier alpha value is -1.23. The number of nitrogens with two attached hydrogens (primary N) is 1. The predicted octanol–water partition coefficient (Wildman–Crippen LogP) is 2.80. The summed E-state index contributed by atoms with van der Waals surface area (Å²) in [5.74, 6) is 1.35. The molecule has 0 radical (unpaired) electrons. The second-order valence-electron chi connectivity index (χ2n) is 5.41. The second-order valence-corrected chi connectivity index (χ2v) is 5.85. The van der Waals surface area contributed by atoms with Crippen molar-refractivity contribution in [3.63, 3.8) is 0 Å². The van der Waals surface area contributed by atoms with Crippen LogP contribution in [0.4, 0.5) is 5.95 Å². The molecule has 0 bridgehead atoms. The Morgan fingerprint density at radius 3 is 2.68 bits per heavy atom. The van der Waals surface area contributed by atoms with Crippen LogP contribution < -0.4 is 11.1 Å². The van der Waals surface area contributed by atoms with Gasteiger partial charge < -0.3 is 11.1 Å². The van der Waals surface area contributed by atoms with E-state index in [1.165, 1.54) is 32.1 Å². The second kappa shape index (κ2) is 6.28. The fourth-order valence-electron chi connectivity index (χ4n) is 2.71. The SMILES string of the molecule is Cc1cc(C(N)=S)nc(NC(C)C2CCCCC2)n1. The molecule has 104 valence electrons. The fourth-order valence-corrected chi connectivity index (χ4v) is 2.82. The van der Waals surface area contributed by atoms with Gasteiger partial charge in [-0.1, -0.05) is 31.5 Å². The zero-order chi connectivity index (χ0) is 13.8. The van der Waals surface area contributed by atoms with Gasteiger partial charge in [-0.15, -0.1) is 0 Å². The number of hydrogen-bond donors (Lipinski definition) is 2. The van der Waals surface area contributed by atoms with Crippen molar-refractivity contribution in [1.82, 2.24) is 9.97 Å². The number of rotatable bonds is 4. The molecule has 1 atom stereocenters. The Morgan fingerprint density at radius 2 is 2.05 bits per heavy atom. The summed E-state index contributed by atoms with van der Waals surface area (Å²) in [5.41, 5.74) is 7.16. The van der Waals surface area contributed by atoms with Crippen LogP contribution in [0.5, 0.6) is 0 Å². The summed E-state index contributed by atoms with van der Waals surface area (Å²) >= 11 is 4.98. The van der Waals surface area contributed by atoms with Crippen molar-refractivity contribution in [1.29, 1.82) is 0 Å². The summed E-state index contributed by atoms with van der Waals surface area (Å²) in [4.78, 5) is 9.11. The molecule has 1 aliphatic carbocycles. The van der Waals surface area contributed by atoms with Gasteiger partial charge in [0.2, 0.25) is 5.95 Å². The molecule has 0 amide bonds. The first-order valence-corrected chi connectivity index (χ1v) is 7.39. The van der Waals surface area contributed by atoms with Crippen molar-refractivity contribution in [2.75, 3.05) is 5.32 Å². The van der Waals surface area contributed by atoms with Crippen molar-refractivity contribution in [3.8, 4) is 0 Å². The van der Waals surface area contributed by atoms with Crippen LogP contribution >= 0.6 is 12.2 Å². The van der Waals surface area contributed by atoms with E-state index in [1.54, 1.807) is 0 Å². The van der Waals surface area contributed by atoms with Gasteiger partial charge in [-0.2, -0.15) is 0 Å². The van der Waals surface area contributed by atoms with E-state index in [0.29, 0.717) is 28.6 Å². The highest BCUT2D eigenvalue weighted by Crippen LogP contribution is 2.27. The van der Waals surface area contributed by atoms with Crippen molar-refractivity contribution < 1.29 is 0 Å². The van der Waals surface area contributed by atoms with E-state index in [4.69, 9.17) is 18.0 Å². The smallest absolute Gasteiger partial charge is 0.223 e. The molecule has 1 unspecified atom stereocenters. The largest absolute Gasteiger partial charge is 0.388 e. The standard InChI is InChI=1S/C14H22N4S/c1-9-8-12(13(15)19)18-14(16-9)17-10(2)11-6-4-3-5-7-11/h8,10-11H,3-7H2,1-2H3,(H2,15,19)(H,16,17,18). The predicted molar refractivity (Wildman–Crippen MR) is 82.3 cm³/mol. The van der Waals surface area contributed by atoms with Gasteiger partial charge in [0.25, 0.3) is 0 Å². The Balaban J connectivity index is 2.07. The van der Waals surface area contributed by atoms with Crippen LogP contribution in [0.3, 0.4) is 0 Å². The normalized spacial score (nSPS) is 18.0. The number of hydrogen-bond acceptors (Lipinski definition) is 4. The van der Waals surface area contributed by atoms with E-state index >= 15 is 0 Å². The number of nitrogens with one attached hydrogen (secondary N) is 1. The lowest BCUT2D eigenvalue weighted by Crippen LogP contribution is -2.29. The maximum atomic E-state index is 5.64. The lowest BCUT2D eigenvalue weighted by molar-refractivity contribution is 0.327. The van der Waals surface area contributed by atoms with E-state index in [-0.39, 0.29) is 0 Å². The van der Waals surface area contributed by atoms with Crippen LogP contribution in [0.15, 0.2) is 6.07 Å². The molecule has 4 nitrogen and oxygen atoms in total. The highest BCUT2D eigenvalue weighted by Gasteiger charge is 2.20. The summed E-state index contributed by atoms with van der Waals surface area (Å²) in [5, 5.41) is 3.41. The quantitative estimate of drug-likeness (QED) is 0.829. The van der Waals surface area contributed by atoms with E-state index in [0.717, 1.165) is 5.69 Å². The molecular weight excluding hydrogens is 256 g/mol. The maximum absolute atomic E-state index is 5.64. The molecule has 1 aliphatic rings. The minimum atomic E-state index is 0.318. The molecule has 0 saturated heterocycles. The Morgan fingerprint density at radius 1 is 1.37 bits per heavy atom. The number of anilines is 1. The summed E-state index contributed by atoms with van der Waals surface area (Å²) < 4.78 is 0. The first kappa shape index (κ1) is 14.2. The van der Waals surface area contributed by atoms with Crippen molar-refractivity contribution in [2.45, 2.75) is 52.0 Å². The number of nitrogens with zero attached hydrogens (tertiary/aromatic N) is 2. The van der Waals surface area contributed by atoms with E-state index < -0.39 is 0 Å². The summed E-state index contributed by atoms with van der Waals surface area (Å²) in [6, 6.07) is 2.21. The highest BCUT2D eigenvalue weighted by molar-refractivity contribution is 7.80. The van der Waals surface area contributed by atoms with Crippen LogP contribution in [0.2, 0.25) is 0 Å². The Kier molecular flexibility index (Phi) is 4.69. The van der Waals surface area contributed by atoms with Gasteiger partial charge in [-0.3, -0.25) is 0 Å². The zero-order valence-electron chi connectivity index (χ0n) is 11.6. The average molecular weight is 278 g/mol. The lowest BCUT2D eigenvalue weighted by atomic mass is 9.85. The fraction of sp³-hybridized carbons (Fsp3) is 0.643. The van der Waals surface area contributed by atoms with Gasteiger partial charge in [0.1, 0.15) is 10.7 Å². The maximum Gasteiger partial charge on any atom is 0.223 e. The monoisotopic (exact) mass is 278 g/mol. The molecule has 0 aliphatic heterocycles. The first-order chi connectivity index (χ1) is 9.06.